The molecule has 3 aliphatic rings. The number of aryl methyl sites for hydroxylation is 1. The normalized spacial score (nSPS) is 18.7. The van der Waals surface area contributed by atoms with E-state index in [1.807, 2.05) is 17.0 Å². The molecule has 2 aromatic heterocycles. The van der Waals surface area contributed by atoms with E-state index in [4.69, 9.17) is 0 Å². The Morgan fingerprint density at radius 1 is 0.966 bits per heavy atom. The topological polar surface area (TPSA) is 69.6 Å². The van der Waals surface area contributed by atoms with E-state index >= 15 is 0 Å². The number of likely N-dealkylation sites (tertiary alicyclic amines) is 1. The number of carbonyl (C=O) groups excluding carboxylic acids is 2. The second kappa shape index (κ2) is 7.13. The van der Waals surface area contributed by atoms with Crippen LogP contribution in [0.4, 0.5) is 11.5 Å². The molecule has 2 aromatic rings. The van der Waals surface area contributed by atoms with E-state index in [1.54, 1.807) is 24.3 Å². The van der Waals surface area contributed by atoms with Crippen LogP contribution in [0.2, 0.25) is 0 Å². The minimum Gasteiger partial charge on any atom is -0.339 e. The first-order chi connectivity index (χ1) is 14.1. The fourth-order valence-corrected chi connectivity index (χ4v) is 4.58. The molecule has 29 heavy (non-hydrogen) atoms. The third-order valence-electron chi connectivity index (χ3n) is 6.14. The molecule has 0 bridgehead atoms. The minimum absolute atomic E-state index is 0.0235. The predicted molar refractivity (Wildman–Crippen MR) is 109 cm³/mol. The number of pyridine rings is 2. The second-order valence-corrected chi connectivity index (χ2v) is 8.18. The van der Waals surface area contributed by atoms with Crippen molar-refractivity contribution >= 4 is 23.3 Å². The van der Waals surface area contributed by atoms with Crippen LogP contribution in [-0.2, 0) is 13.0 Å². The number of hydrogen-bond donors (Lipinski definition) is 0. The van der Waals surface area contributed by atoms with E-state index in [9.17, 15) is 9.59 Å². The minimum atomic E-state index is -0.0235. The second-order valence-electron chi connectivity index (χ2n) is 8.18. The van der Waals surface area contributed by atoms with Gasteiger partial charge in [0.15, 0.2) is 0 Å². The van der Waals surface area contributed by atoms with Crippen molar-refractivity contribution in [3.63, 3.8) is 0 Å². The summed E-state index contributed by atoms with van der Waals surface area (Å²) in [6.07, 6.45) is 8.76. The number of rotatable bonds is 2. The zero-order valence-electron chi connectivity index (χ0n) is 16.7. The maximum atomic E-state index is 12.9. The van der Waals surface area contributed by atoms with E-state index in [1.165, 1.54) is 6.42 Å². The van der Waals surface area contributed by atoms with E-state index < -0.39 is 0 Å². The molecule has 7 nitrogen and oxygen atoms in total. The number of amides is 2. The SMILES string of the molecule is CN1Cc2cc(N3CCCc4cc(C(=O)N5CCCCC5)cnc43)cnc2C1=O. The van der Waals surface area contributed by atoms with Gasteiger partial charge in [0.05, 0.1) is 17.4 Å². The van der Waals surface area contributed by atoms with Gasteiger partial charge in [-0.15, -0.1) is 0 Å². The fourth-order valence-electron chi connectivity index (χ4n) is 4.58. The Labute approximate surface area is 170 Å². The highest BCUT2D eigenvalue weighted by Gasteiger charge is 2.29. The number of carbonyl (C=O) groups is 2. The van der Waals surface area contributed by atoms with Crippen LogP contribution in [0.3, 0.4) is 0 Å². The van der Waals surface area contributed by atoms with Gasteiger partial charge >= 0.3 is 0 Å². The summed E-state index contributed by atoms with van der Waals surface area (Å²) < 4.78 is 0. The molecule has 5 rings (SSSR count). The summed E-state index contributed by atoms with van der Waals surface area (Å²) in [5.74, 6) is 0.966. The van der Waals surface area contributed by atoms with Gasteiger partial charge in [-0.3, -0.25) is 9.59 Å². The predicted octanol–water partition coefficient (Wildman–Crippen LogP) is 2.77. The molecule has 0 aliphatic carbocycles. The Morgan fingerprint density at radius 3 is 2.62 bits per heavy atom. The fraction of sp³-hybridized carbons (Fsp3) is 0.455. The van der Waals surface area contributed by atoms with Crippen molar-refractivity contribution in [1.29, 1.82) is 0 Å². The molecule has 0 N–H and O–H groups in total. The number of anilines is 2. The highest BCUT2D eigenvalue weighted by Crippen LogP contribution is 2.34. The molecule has 1 saturated heterocycles. The summed E-state index contributed by atoms with van der Waals surface area (Å²) in [6.45, 7) is 3.13. The Morgan fingerprint density at radius 2 is 1.79 bits per heavy atom. The van der Waals surface area contributed by atoms with Gasteiger partial charge in [0.2, 0.25) is 0 Å². The molecule has 5 heterocycles. The molecule has 150 valence electrons. The quantitative estimate of drug-likeness (QED) is 0.787. The number of piperidine rings is 1. The van der Waals surface area contributed by atoms with E-state index in [-0.39, 0.29) is 11.8 Å². The van der Waals surface area contributed by atoms with E-state index in [0.717, 1.165) is 67.9 Å². The first-order valence-corrected chi connectivity index (χ1v) is 10.4. The van der Waals surface area contributed by atoms with E-state index in [2.05, 4.69) is 14.9 Å². The van der Waals surface area contributed by atoms with Crippen LogP contribution < -0.4 is 4.90 Å². The summed E-state index contributed by atoms with van der Waals surface area (Å²) in [6, 6.07) is 4.07. The zero-order chi connectivity index (χ0) is 20.0. The summed E-state index contributed by atoms with van der Waals surface area (Å²) in [5, 5.41) is 0. The van der Waals surface area contributed by atoms with Crippen molar-refractivity contribution in [2.45, 2.75) is 38.6 Å². The maximum absolute atomic E-state index is 12.9. The van der Waals surface area contributed by atoms with Crippen LogP contribution in [0.25, 0.3) is 0 Å². The average Bonchev–Trinajstić information content (AvgIpc) is 3.06. The van der Waals surface area contributed by atoms with Crippen molar-refractivity contribution in [1.82, 2.24) is 19.8 Å². The highest BCUT2D eigenvalue weighted by atomic mass is 16.2. The zero-order valence-corrected chi connectivity index (χ0v) is 16.7. The molecular weight excluding hydrogens is 366 g/mol. The van der Waals surface area contributed by atoms with Gasteiger partial charge in [-0.05, 0) is 49.8 Å². The van der Waals surface area contributed by atoms with Gasteiger partial charge in [0, 0.05) is 45.0 Å². The molecule has 0 aromatic carbocycles. The smallest absolute Gasteiger partial charge is 0.272 e. The molecule has 1 fully saturated rings. The van der Waals surface area contributed by atoms with Crippen LogP contribution in [0.1, 0.15) is 57.7 Å². The van der Waals surface area contributed by atoms with Crippen molar-refractivity contribution in [2.75, 3.05) is 31.6 Å². The lowest BCUT2D eigenvalue weighted by atomic mass is 10.0. The maximum Gasteiger partial charge on any atom is 0.272 e. The summed E-state index contributed by atoms with van der Waals surface area (Å²) >= 11 is 0. The van der Waals surface area contributed by atoms with Gasteiger partial charge in [-0.25, -0.2) is 9.97 Å². The van der Waals surface area contributed by atoms with Crippen molar-refractivity contribution in [3.05, 3.63) is 46.9 Å². The van der Waals surface area contributed by atoms with Crippen molar-refractivity contribution < 1.29 is 9.59 Å². The van der Waals surface area contributed by atoms with Gasteiger partial charge in [0.25, 0.3) is 11.8 Å². The van der Waals surface area contributed by atoms with Crippen LogP contribution in [0.5, 0.6) is 0 Å². The molecule has 0 saturated carbocycles. The highest BCUT2D eigenvalue weighted by molar-refractivity contribution is 5.97. The number of fused-ring (bicyclic) bond motifs is 2. The average molecular weight is 391 g/mol. The molecule has 3 aliphatic heterocycles. The molecular formula is C22H25N5O2. The number of hydrogen-bond acceptors (Lipinski definition) is 5. The Bertz CT molecular complexity index is 983. The summed E-state index contributed by atoms with van der Waals surface area (Å²) in [7, 11) is 1.79. The molecule has 0 spiro atoms. The lowest BCUT2D eigenvalue weighted by molar-refractivity contribution is 0.0723. The Balaban J connectivity index is 1.44. The molecule has 0 atom stereocenters. The molecule has 0 unspecified atom stereocenters. The lowest BCUT2D eigenvalue weighted by Crippen LogP contribution is -2.36. The molecule has 2 amide bonds. The first-order valence-electron chi connectivity index (χ1n) is 10.4. The van der Waals surface area contributed by atoms with Gasteiger partial charge < -0.3 is 14.7 Å². The third-order valence-corrected chi connectivity index (χ3v) is 6.14. The molecule has 0 radical (unpaired) electrons. The largest absolute Gasteiger partial charge is 0.339 e. The van der Waals surface area contributed by atoms with Crippen molar-refractivity contribution in [3.8, 4) is 0 Å². The van der Waals surface area contributed by atoms with Crippen LogP contribution in [0.15, 0.2) is 24.5 Å². The number of nitrogens with zero attached hydrogens (tertiary/aromatic N) is 5. The Hall–Kier alpha value is -2.96. The first kappa shape index (κ1) is 18.1. The van der Waals surface area contributed by atoms with Gasteiger partial charge in [0.1, 0.15) is 11.5 Å². The molecule has 7 heteroatoms. The monoisotopic (exact) mass is 391 g/mol. The van der Waals surface area contributed by atoms with Gasteiger partial charge in [-0.1, -0.05) is 0 Å². The van der Waals surface area contributed by atoms with Crippen LogP contribution in [0, 0.1) is 0 Å². The lowest BCUT2D eigenvalue weighted by Gasteiger charge is -2.31. The van der Waals surface area contributed by atoms with E-state index in [0.29, 0.717) is 17.8 Å². The number of aromatic nitrogens is 2. The van der Waals surface area contributed by atoms with Crippen LogP contribution in [-0.4, -0.2) is 58.3 Å². The van der Waals surface area contributed by atoms with Gasteiger partial charge in [-0.2, -0.15) is 0 Å². The third kappa shape index (κ3) is 3.14. The summed E-state index contributed by atoms with van der Waals surface area (Å²) in [4.78, 5) is 39.9. The Kier molecular flexibility index (Phi) is 4.45. The van der Waals surface area contributed by atoms with Crippen LogP contribution >= 0.6 is 0 Å². The van der Waals surface area contributed by atoms with Crippen molar-refractivity contribution in [2.24, 2.45) is 0 Å². The summed E-state index contributed by atoms with van der Waals surface area (Å²) in [5.41, 5.74) is 4.25. The standard InChI is InChI=1S/C22H25N5O2/c1-25-14-17-11-18(13-23-19(17)22(25)29)27-9-5-6-15-10-16(12-24-20(15)27)21(28)26-7-3-2-4-8-26/h10-13H,2-9,14H2,1H3.